The number of carboxylic acid groups (broad SMARTS) is 1. The smallest absolute Gasteiger partial charge is 0.307 e. The molecular weight excluding hydrogens is 377 g/mol. The zero-order chi connectivity index (χ0) is 19.9. The van der Waals surface area contributed by atoms with Crippen molar-refractivity contribution in [2.24, 2.45) is 0 Å². The molecule has 1 aromatic carbocycles. The molecule has 0 spiro atoms. The van der Waals surface area contributed by atoms with Crippen molar-refractivity contribution >= 4 is 27.5 Å². The van der Waals surface area contributed by atoms with Crippen molar-refractivity contribution < 1.29 is 23.1 Å². The first kappa shape index (κ1) is 19.3. The predicted octanol–water partition coefficient (Wildman–Crippen LogP) is 4.51. The Kier molecular flexibility index (Phi) is 5.19. The van der Waals surface area contributed by atoms with Crippen LogP contribution in [0.2, 0.25) is 0 Å². The van der Waals surface area contributed by atoms with Crippen molar-refractivity contribution in [3.05, 3.63) is 56.6 Å². The molecule has 3 aromatic rings. The molecule has 2 aromatic heterocycles. The van der Waals surface area contributed by atoms with Crippen LogP contribution in [-0.4, -0.2) is 21.0 Å². The zero-order valence-electron chi connectivity index (χ0n) is 15.0. The van der Waals surface area contributed by atoms with Crippen LogP contribution in [0.1, 0.15) is 40.0 Å². The number of aliphatic carboxylic acids is 1. The number of nitrogens with zero attached hydrogens (tertiary/aromatic N) is 2. The van der Waals surface area contributed by atoms with E-state index < -0.39 is 23.4 Å². The van der Waals surface area contributed by atoms with Crippen LogP contribution in [0.5, 0.6) is 0 Å². The Balaban J connectivity index is 2.13. The standard InChI is InChI=1S/C19H17F3N2O2S/c1-4-10-11(8(2)23-9(3)12(10)6-16(25)26)5-15-24-18-17(22)13(20)7-14(21)19(18)27-15/h7H,4-6H2,1-3H3,(H,25,26). The third-order valence-corrected chi connectivity index (χ3v) is 5.57. The highest BCUT2D eigenvalue weighted by molar-refractivity contribution is 7.18. The van der Waals surface area contributed by atoms with Gasteiger partial charge in [-0.3, -0.25) is 9.78 Å². The summed E-state index contributed by atoms with van der Waals surface area (Å²) in [4.78, 5) is 19.7. The molecule has 4 nitrogen and oxygen atoms in total. The van der Waals surface area contributed by atoms with Crippen molar-refractivity contribution in [2.45, 2.75) is 40.0 Å². The first-order valence-electron chi connectivity index (χ1n) is 8.35. The summed E-state index contributed by atoms with van der Waals surface area (Å²) in [6.07, 6.45) is 0.683. The van der Waals surface area contributed by atoms with Gasteiger partial charge in [0.15, 0.2) is 11.6 Å². The van der Waals surface area contributed by atoms with E-state index in [-0.39, 0.29) is 23.1 Å². The van der Waals surface area contributed by atoms with Gasteiger partial charge in [0.2, 0.25) is 0 Å². The van der Waals surface area contributed by atoms with Gasteiger partial charge in [-0.05, 0) is 37.0 Å². The Labute approximate surface area is 157 Å². The van der Waals surface area contributed by atoms with E-state index in [2.05, 4.69) is 9.97 Å². The van der Waals surface area contributed by atoms with Gasteiger partial charge in [-0.25, -0.2) is 18.2 Å². The van der Waals surface area contributed by atoms with Crippen molar-refractivity contribution in [1.29, 1.82) is 0 Å². The molecule has 0 atom stereocenters. The Hall–Kier alpha value is -2.48. The molecule has 0 unspecified atom stereocenters. The van der Waals surface area contributed by atoms with Gasteiger partial charge in [-0.2, -0.15) is 0 Å². The van der Waals surface area contributed by atoms with E-state index in [1.54, 1.807) is 13.8 Å². The van der Waals surface area contributed by atoms with Gasteiger partial charge < -0.3 is 5.11 Å². The molecule has 1 N–H and O–H groups in total. The number of aryl methyl sites for hydroxylation is 2. The average Bonchev–Trinajstić information content (AvgIpc) is 3.01. The number of hydrogen-bond acceptors (Lipinski definition) is 4. The van der Waals surface area contributed by atoms with Gasteiger partial charge >= 0.3 is 5.97 Å². The lowest BCUT2D eigenvalue weighted by molar-refractivity contribution is -0.136. The molecule has 0 radical (unpaired) electrons. The Morgan fingerprint density at radius 1 is 1.07 bits per heavy atom. The summed E-state index contributed by atoms with van der Waals surface area (Å²) in [5, 5.41) is 9.60. The van der Waals surface area contributed by atoms with Crippen LogP contribution >= 0.6 is 11.3 Å². The van der Waals surface area contributed by atoms with Crippen LogP contribution in [0.15, 0.2) is 6.07 Å². The van der Waals surface area contributed by atoms with Crippen LogP contribution in [-0.2, 0) is 24.1 Å². The van der Waals surface area contributed by atoms with Gasteiger partial charge in [0.05, 0.1) is 16.1 Å². The maximum Gasteiger partial charge on any atom is 0.307 e. The average molecular weight is 394 g/mol. The van der Waals surface area contributed by atoms with E-state index in [1.807, 2.05) is 6.92 Å². The molecule has 8 heteroatoms. The van der Waals surface area contributed by atoms with Crippen LogP contribution in [0, 0.1) is 31.3 Å². The number of benzene rings is 1. The van der Waals surface area contributed by atoms with E-state index in [9.17, 15) is 23.1 Å². The number of carbonyl (C=O) groups is 1. The lowest BCUT2D eigenvalue weighted by Crippen LogP contribution is -2.12. The summed E-state index contributed by atoms with van der Waals surface area (Å²) in [7, 11) is 0. The fraction of sp³-hybridized carbons (Fsp3) is 0.316. The molecule has 0 aliphatic rings. The highest BCUT2D eigenvalue weighted by Crippen LogP contribution is 2.32. The van der Waals surface area contributed by atoms with E-state index in [1.165, 1.54) is 0 Å². The second kappa shape index (κ2) is 7.26. The van der Waals surface area contributed by atoms with Crippen LogP contribution in [0.4, 0.5) is 13.2 Å². The van der Waals surface area contributed by atoms with Gasteiger partial charge in [-0.15, -0.1) is 11.3 Å². The first-order valence-corrected chi connectivity index (χ1v) is 9.17. The summed E-state index contributed by atoms with van der Waals surface area (Å²) in [5.41, 5.74) is 3.33. The third kappa shape index (κ3) is 3.53. The van der Waals surface area contributed by atoms with Gasteiger partial charge in [0, 0.05) is 23.9 Å². The highest BCUT2D eigenvalue weighted by atomic mass is 32.1. The minimum absolute atomic E-state index is 0.0366. The Bertz CT molecular complexity index is 1060. The number of aromatic nitrogens is 2. The molecule has 0 saturated carbocycles. The van der Waals surface area contributed by atoms with Gasteiger partial charge in [0.1, 0.15) is 11.3 Å². The molecule has 0 aliphatic heterocycles. The fourth-order valence-corrected chi connectivity index (χ4v) is 4.29. The van der Waals surface area contributed by atoms with Gasteiger partial charge in [-0.1, -0.05) is 6.92 Å². The largest absolute Gasteiger partial charge is 0.481 e. The van der Waals surface area contributed by atoms with Crippen molar-refractivity contribution in [3.63, 3.8) is 0 Å². The van der Waals surface area contributed by atoms with E-state index in [4.69, 9.17) is 0 Å². The number of carboxylic acids is 1. The van der Waals surface area contributed by atoms with E-state index >= 15 is 0 Å². The van der Waals surface area contributed by atoms with Crippen LogP contribution < -0.4 is 0 Å². The molecule has 0 fully saturated rings. The summed E-state index contributed by atoms with van der Waals surface area (Å²) >= 11 is 0.957. The second-order valence-corrected chi connectivity index (χ2v) is 7.34. The second-order valence-electron chi connectivity index (χ2n) is 6.26. The number of hydrogen-bond donors (Lipinski definition) is 1. The number of fused-ring (bicyclic) bond motifs is 1. The molecule has 0 amide bonds. The molecule has 142 valence electrons. The van der Waals surface area contributed by atoms with E-state index in [0.717, 1.165) is 22.5 Å². The number of thiazole rings is 1. The molecule has 27 heavy (non-hydrogen) atoms. The first-order chi connectivity index (χ1) is 12.7. The molecule has 0 saturated heterocycles. The lowest BCUT2D eigenvalue weighted by Gasteiger charge is -2.16. The van der Waals surface area contributed by atoms with Crippen LogP contribution in [0.25, 0.3) is 10.2 Å². The third-order valence-electron chi connectivity index (χ3n) is 4.51. The normalized spacial score (nSPS) is 11.3. The fourth-order valence-electron chi connectivity index (χ4n) is 3.31. The maximum absolute atomic E-state index is 14.0. The zero-order valence-corrected chi connectivity index (χ0v) is 15.8. The quantitative estimate of drug-likeness (QED) is 0.647. The minimum atomic E-state index is -1.27. The van der Waals surface area contributed by atoms with Crippen molar-refractivity contribution in [3.8, 4) is 0 Å². The molecule has 0 aliphatic carbocycles. The summed E-state index contributed by atoms with van der Waals surface area (Å²) in [6.45, 7) is 5.48. The van der Waals surface area contributed by atoms with Crippen molar-refractivity contribution in [1.82, 2.24) is 9.97 Å². The highest BCUT2D eigenvalue weighted by Gasteiger charge is 2.21. The minimum Gasteiger partial charge on any atom is -0.481 e. The monoisotopic (exact) mass is 394 g/mol. The summed E-state index contributed by atoms with van der Waals surface area (Å²) in [6, 6.07) is 0.515. The SMILES string of the molecule is CCc1c(CC(=O)O)c(C)nc(C)c1Cc1nc2c(F)c(F)cc(F)c2s1. The Morgan fingerprint density at radius 2 is 1.74 bits per heavy atom. The molecule has 2 heterocycles. The number of pyridine rings is 1. The summed E-state index contributed by atoms with van der Waals surface area (Å²) in [5.74, 6) is -4.25. The van der Waals surface area contributed by atoms with E-state index in [0.29, 0.717) is 34.4 Å². The molecular formula is C19H17F3N2O2S. The maximum atomic E-state index is 14.0. The number of rotatable bonds is 5. The molecule has 3 rings (SSSR count). The predicted molar refractivity (Wildman–Crippen MR) is 96.7 cm³/mol. The van der Waals surface area contributed by atoms with Crippen LogP contribution in [0.3, 0.4) is 0 Å². The van der Waals surface area contributed by atoms with Crippen molar-refractivity contribution in [2.75, 3.05) is 0 Å². The molecule has 0 bridgehead atoms. The topological polar surface area (TPSA) is 63.1 Å². The Morgan fingerprint density at radius 3 is 2.37 bits per heavy atom. The summed E-state index contributed by atoms with van der Waals surface area (Å²) < 4.78 is 41.3. The lowest BCUT2D eigenvalue weighted by atomic mass is 9.93. The number of halogens is 3. The van der Waals surface area contributed by atoms with Gasteiger partial charge in [0.25, 0.3) is 0 Å².